The Bertz CT molecular complexity index is 711. The normalized spacial score (nSPS) is 12.7. The zero-order valence-corrected chi connectivity index (χ0v) is 14.2. The molecule has 0 bridgehead atoms. The van der Waals surface area contributed by atoms with Crippen LogP contribution in [0.1, 0.15) is 29.8 Å². The molecule has 3 nitrogen and oxygen atoms in total. The standard InChI is InChI=1S/C19H21F3N2O/c1-3-23-13(2)12-24-18(25)17-7-5-4-6-16(17)14-8-10-15(11-9-14)19(20,21)22/h4-11,13,23H,3,12H2,1-2H3,(H,24,25)/t13-/m1/s1. The number of amides is 1. The third-order valence-corrected chi connectivity index (χ3v) is 3.82. The Labute approximate surface area is 145 Å². The van der Waals surface area contributed by atoms with Crippen LogP contribution in [0.2, 0.25) is 0 Å². The van der Waals surface area contributed by atoms with Crippen molar-refractivity contribution in [2.24, 2.45) is 0 Å². The van der Waals surface area contributed by atoms with Gasteiger partial charge in [0.25, 0.3) is 5.91 Å². The number of benzene rings is 2. The van der Waals surface area contributed by atoms with Crippen LogP contribution >= 0.6 is 0 Å². The molecule has 0 aliphatic rings. The van der Waals surface area contributed by atoms with Crippen molar-refractivity contribution >= 4 is 5.91 Å². The third kappa shape index (κ3) is 5.06. The van der Waals surface area contributed by atoms with E-state index in [1.807, 2.05) is 13.8 Å². The number of nitrogens with one attached hydrogen (secondary N) is 2. The Morgan fingerprint density at radius 3 is 2.32 bits per heavy atom. The van der Waals surface area contributed by atoms with E-state index in [1.165, 1.54) is 12.1 Å². The molecule has 0 unspecified atom stereocenters. The lowest BCUT2D eigenvalue weighted by molar-refractivity contribution is -0.137. The summed E-state index contributed by atoms with van der Waals surface area (Å²) in [4.78, 5) is 12.5. The maximum absolute atomic E-state index is 12.7. The molecule has 1 atom stereocenters. The van der Waals surface area contributed by atoms with E-state index in [1.54, 1.807) is 24.3 Å². The van der Waals surface area contributed by atoms with Crippen molar-refractivity contribution < 1.29 is 18.0 Å². The molecule has 1 amide bonds. The van der Waals surface area contributed by atoms with Crippen LogP contribution in [-0.2, 0) is 6.18 Å². The Morgan fingerprint density at radius 2 is 1.72 bits per heavy atom. The van der Waals surface area contributed by atoms with Gasteiger partial charge >= 0.3 is 6.18 Å². The molecule has 0 saturated heterocycles. The second-order valence-electron chi connectivity index (χ2n) is 5.79. The Balaban J connectivity index is 2.21. The van der Waals surface area contributed by atoms with E-state index < -0.39 is 11.7 Å². The van der Waals surface area contributed by atoms with Gasteiger partial charge in [-0.1, -0.05) is 37.3 Å². The maximum Gasteiger partial charge on any atom is 0.416 e. The zero-order chi connectivity index (χ0) is 18.4. The minimum absolute atomic E-state index is 0.132. The Morgan fingerprint density at radius 1 is 1.08 bits per heavy atom. The quantitative estimate of drug-likeness (QED) is 0.824. The van der Waals surface area contributed by atoms with Gasteiger partial charge < -0.3 is 10.6 Å². The fourth-order valence-electron chi connectivity index (χ4n) is 2.53. The molecule has 2 aromatic carbocycles. The van der Waals surface area contributed by atoms with E-state index in [9.17, 15) is 18.0 Å². The largest absolute Gasteiger partial charge is 0.416 e. The molecule has 25 heavy (non-hydrogen) atoms. The van der Waals surface area contributed by atoms with Gasteiger partial charge in [0.2, 0.25) is 0 Å². The first kappa shape index (κ1) is 19.0. The van der Waals surface area contributed by atoms with E-state index in [4.69, 9.17) is 0 Å². The highest BCUT2D eigenvalue weighted by atomic mass is 19.4. The number of rotatable bonds is 6. The second-order valence-corrected chi connectivity index (χ2v) is 5.79. The third-order valence-electron chi connectivity index (χ3n) is 3.82. The van der Waals surface area contributed by atoms with E-state index >= 15 is 0 Å². The molecule has 6 heteroatoms. The Hall–Kier alpha value is -2.34. The van der Waals surface area contributed by atoms with E-state index in [2.05, 4.69) is 10.6 Å². The molecule has 0 spiro atoms. The number of likely N-dealkylation sites (N-methyl/N-ethyl adjacent to an activating group) is 1. The van der Waals surface area contributed by atoms with E-state index in [0.29, 0.717) is 23.2 Å². The van der Waals surface area contributed by atoms with Crippen LogP contribution in [0.15, 0.2) is 48.5 Å². The molecular formula is C19H21F3N2O. The van der Waals surface area contributed by atoms with Crippen LogP contribution in [0.3, 0.4) is 0 Å². The van der Waals surface area contributed by atoms with Gasteiger partial charge in [0, 0.05) is 18.2 Å². The average molecular weight is 350 g/mol. The summed E-state index contributed by atoms with van der Waals surface area (Å²) in [6.45, 7) is 5.22. The van der Waals surface area contributed by atoms with E-state index in [0.717, 1.165) is 18.7 Å². The number of carbonyl (C=O) groups excluding carboxylic acids is 1. The predicted molar refractivity (Wildman–Crippen MR) is 92.4 cm³/mol. The summed E-state index contributed by atoms with van der Waals surface area (Å²) in [5, 5.41) is 6.05. The summed E-state index contributed by atoms with van der Waals surface area (Å²) < 4.78 is 38.1. The van der Waals surface area contributed by atoms with Crippen molar-refractivity contribution in [2.45, 2.75) is 26.1 Å². The van der Waals surface area contributed by atoms with Crippen molar-refractivity contribution in [3.63, 3.8) is 0 Å². The van der Waals surface area contributed by atoms with Gasteiger partial charge in [0.05, 0.1) is 5.56 Å². The molecule has 0 fully saturated rings. The lowest BCUT2D eigenvalue weighted by Crippen LogP contribution is -2.38. The van der Waals surface area contributed by atoms with Crippen LogP contribution in [0.25, 0.3) is 11.1 Å². The number of alkyl halides is 3. The summed E-state index contributed by atoms with van der Waals surface area (Å²) >= 11 is 0. The molecular weight excluding hydrogens is 329 g/mol. The highest BCUT2D eigenvalue weighted by Gasteiger charge is 2.30. The second kappa shape index (κ2) is 8.16. The highest BCUT2D eigenvalue weighted by Crippen LogP contribution is 2.31. The van der Waals surface area contributed by atoms with Gasteiger partial charge in [0.15, 0.2) is 0 Å². The fraction of sp³-hybridized carbons (Fsp3) is 0.316. The molecule has 0 aromatic heterocycles. The lowest BCUT2D eigenvalue weighted by Gasteiger charge is -2.15. The van der Waals surface area contributed by atoms with Crippen molar-refractivity contribution in [2.75, 3.05) is 13.1 Å². The van der Waals surface area contributed by atoms with Crippen LogP contribution in [0, 0.1) is 0 Å². The molecule has 0 aliphatic heterocycles. The number of hydrogen-bond acceptors (Lipinski definition) is 2. The van der Waals surface area contributed by atoms with Crippen LogP contribution in [0.5, 0.6) is 0 Å². The smallest absolute Gasteiger partial charge is 0.350 e. The molecule has 2 rings (SSSR count). The first-order chi connectivity index (χ1) is 11.8. The molecule has 0 radical (unpaired) electrons. The maximum atomic E-state index is 12.7. The summed E-state index contributed by atoms with van der Waals surface area (Å²) in [6, 6.07) is 11.8. The molecule has 2 aromatic rings. The molecule has 2 N–H and O–H groups in total. The molecule has 0 saturated carbocycles. The van der Waals surface area contributed by atoms with Crippen molar-refractivity contribution in [1.29, 1.82) is 0 Å². The predicted octanol–water partition coefficient (Wildman–Crippen LogP) is 4.10. The number of halogens is 3. The minimum atomic E-state index is -4.38. The summed E-state index contributed by atoms with van der Waals surface area (Å²) in [5.74, 6) is -0.250. The van der Waals surface area contributed by atoms with E-state index in [-0.39, 0.29) is 11.9 Å². The van der Waals surface area contributed by atoms with Crippen LogP contribution < -0.4 is 10.6 Å². The van der Waals surface area contributed by atoms with Gasteiger partial charge in [-0.05, 0) is 42.8 Å². The molecule has 134 valence electrons. The first-order valence-electron chi connectivity index (χ1n) is 8.11. The summed E-state index contributed by atoms with van der Waals surface area (Å²) in [5.41, 5.74) is 0.895. The summed E-state index contributed by atoms with van der Waals surface area (Å²) in [7, 11) is 0. The minimum Gasteiger partial charge on any atom is -0.350 e. The van der Waals surface area contributed by atoms with Gasteiger partial charge in [-0.2, -0.15) is 13.2 Å². The van der Waals surface area contributed by atoms with Crippen molar-refractivity contribution in [1.82, 2.24) is 10.6 Å². The van der Waals surface area contributed by atoms with Gasteiger partial charge in [-0.15, -0.1) is 0 Å². The first-order valence-corrected chi connectivity index (χ1v) is 8.11. The van der Waals surface area contributed by atoms with Crippen LogP contribution in [-0.4, -0.2) is 25.0 Å². The summed E-state index contributed by atoms with van der Waals surface area (Å²) in [6.07, 6.45) is -4.38. The number of carbonyl (C=O) groups is 1. The van der Waals surface area contributed by atoms with Crippen LogP contribution in [0.4, 0.5) is 13.2 Å². The van der Waals surface area contributed by atoms with Crippen molar-refractivity contribution in [3.05, 3.63) is 59.7 Å². The number of hydrogen-bond donors (Lipinski definition) is 2. The SMILES string of the molecule is CCN[C@H](C)CNC(=O)c1ccccc1-c1ccc(C(F)(F)F)cc1. The highest BCUT2D eigenvalue weighted by molar-refractivity contribution is 6.00. The fourth-order valence-corrected chi connectivity index (χ4v) is 2.53. The van der Waals surface area contributed by atoms with Gasteiger partial charge in [-0.25, -0.2) is 0 Å². The molecule has 0 heterocycles. The van der Waals surface area contributed by atoms with Gasteiger partial charge in [-0.3, -0.25) is 4.79 Å². The average Bonchev–Trinajstić information content (AvgIpc) is 2.59. The lowest BCUT2D eigenvalue weighted by atomic mass is 9.98. The Kier molecular flexibility index (Phi) is 6.20. The van der Waals surface area contributed by atoms with Gasteiger partial charge in [0.1, 0.15) is 0 Å². The topological polar surface area (TPSA) is 41.1 Å². The molecule has 0 aliphatic carbocycles. The zero-order valence-electron chi connectivity index (χ0n) is 14.2. The van der Waals surface area contributed by atoms with Crippen molar-refractivity contribution in [3.8, 4) is 11.1 Å². The monoisotopic (exact) mass is 350 g/mol.